The third-order valence-corrected chi connectivity index (χ3v) is 7.80. The summed E-state index contributed by atoms with van der Waals surface area (Å²) in [7, 11) is 0. The van der Waals surface area contributed by atoms with E-state index in [1.54, 1.807) is 20.8 Å². The molecule has 0 bridgehead atoms. The van der Waals surface area contributed by atoms with Gasteiger partial charge in [0.05, 0.1) is 12.5 Å². The summed E-state index contributed by atoms with van der Waals surface area (Å²) in [6.45, 7) is 7.49. The van der Waals surface area contributed by atoms with Crippen molar-refractivity contribution in [3.63, 3.8) is 0 Å². The van der Waals surface area contributed by atoms with Crippen molar-refractivity contribution in [1.29, 1.82) is 0 Å². The first-order chi connectivity index (χ1) is 17.7. The summed E-state index contributed by atoms with van der Waals surface area (Å²) in [6, 6.07) is -3.38. The zero-order valence-electron chi connectivity index (χ0n) is 24.1. The lowest BCUT2D eigenvalue weighted by atomic mass is 9.93. The summed E-state index contributed by atoms with van der Waals surface area (Å²) in [5.41, 5.74) is 0. The summed E-state index contributed by atoms with van der Waals surface area (Å²) in [6.07, 6.45) is 20.9. The smallest absolute Gasteiger partial charge is 0.362 e. The molecule has 0 amide bonds. The molecule has 2 N–H and O–H groups in total. The summed E-state index contributed by atoms with van der Waals surface area (Å²) >= 11 is 0. The predicted octanol–water partition coefficient (Wildman–Crippen LogP) is 6.10. The molecule has 0 heterocycles. The van der Waals surface area contributed by atoms with Gasteiger partial charge in [-0.15, -0.1) is 0 Å². The van der Waals surface area contributed by atoms with E-state index in [-0.39, 0.29) is 25.8 Å². The van der Waals surface area contributed by atoms with Crippen LogP contribution in [-0.4, -0.2) is 57.3 Å². The number of quaternary nitrogens is 1. The van der Waals surface area contributed by atoms with Crippen LogP contribution in [0.4, 0.5) is 0 Å². The Labute approximate surface area is 225 Å². The van der Waals surface area contributed by atoms with Crippen molar-refractivity contribution in [2.24, 2.45) is 0 Å². The molecular formula is C30H55NO6. The van der Waals surface area contributed by atoms with Crippen molar-refractivity contribution in [1.82, 2.24) is 0 Å². The van der Waals surface area contributed by atoms with E-state index < -0.39 is 40.5 Å². The Morgan fingerprint density at radius 1 is 0.622 bits per heavy atom. The Morgan fingerprint density at radius 3 is 1.35 bits per heavy atom. The second-order valence-corrected chi connectivity index (χ2v) is 10.4. The number of carbonyl (C=O) groups excluding carboxylic acids is 1. The lowest BCUT2D eigenvalue weighted by Gasteiger charge is -2.51. The van der Waals surface area contributed by atoms with Gasteiger partial charge < -0.3 is 20.1 Å². The van der Waals surface area contributed by atoms with Gasteiger partial charge in [-0.3, -0.25) is 4.48 Å². The van der Waals surface area contributed by atoms with Crippen LogP contribution in [0.15, 0.2) is 12.2 Å². The molecule has 0 aromatic rings. The Morgan fingerprint density at radius 2 is 1.00 bits per heavy atom. The van der Waals surface area contributed by atoms with Crippen LogP contribution in [0.25, 0.3) is 0 Å². The van der Waals surface area contributed by atoms with E-state index in [2.05, 4.69) is 19.1 Å². The molecule has 0 aliphatic heterocycles. The summed E-state index contributed by atoms with van der Waals surface area (Å²) in [4.78, 5) is 36.5. The third kappa shape index (κ3) is 12.5. The summed E-state index contributed by atoms with van der Waals surface area (Å²) in [5.74, 6) is -3.66. The second-order valence-electron chi connectivity index (χ2n) is 10.4. The van der Waals surface area contributed by atoms with E-state index >= 15 is 0 Å². The molecule has 0 radical (unpaired) electrons. The molecule has 3 atom stereocenters. The first-order valence-electron chi connectivity index (χ1n) is 14.9. The number of carboxylic acids is 3. The van der Waals surface area contributed by atoms with E-state index in [4.69, 9.17) is 0 Å². The number of hydrogen-bond acceptors (Lipinski definition) is 4. The van der Waals surface area contributed by atoms with E-state index in [1.165, 1.54) is 51.4 Å². The van der Waals surface area contributed by atoms with Gasteiger partial charge in [0.15, 0.2) is 12.1 Å². The number of unbranched alkanes of at least 4 members (excludes halogenated alkanes) is 12. The number of hydrogen-bond donors (Lipinski definition) is 2. The highest BCUT2D eigenvalue weighted by Crippen LogP contribution is 2.32. The zero-order valence-corrected chi connectivity index (χ0v) is 24.1. The van der Waals surface area contributed by atoms with E-state index in [0.29, 0.717) is 6.42 Å². The van der Waals surface area contributed by atoms with Crippen LogP contribution in [0.3, 0.4) is 0 Å². The maximum atomic E-state index is 12.2. The lowest BCUT2D eigenvalue weighted by Crippen LogP contribution is -2.73. The normalized spacial score (nSPS) is 15.8. The van der Waals surface area contributed by atoms with Crippen molar-refractivity contribution >= 4 is 17.9 Å². The monoisotopic (exact) mass is 525 g/mol. The van der Waals surface area contributed by atoms with Gasteiger partial charge in [-0.2, -0.15) is 0 Å². The highest BCUT2D eigenvalue weighted by Gasteiger charge is 2.53. The fraction of sp³-hybridized carbons (Fsp3) is 0.833. The quantitative estimate of drug-likeness (QED) is 0.0846. The predicted molar refractivity (Wildman–Crippen MR) is 147 cm³/mol. The summed E-state index contributed by atoms with van der Waals surface area (Å²) in [5, 5.41) is 32.1. The van der Waals surface area contributed by atoms with Crippen LogP contribution >= 0.6 is 0 Å². The Kier molecular flexibility index (Phi) is 20.0. The van der Waals surface area contributed by atoms with Crippen LogP contribution in [0.2, 0.25) is 0 Å². The van der Waals surface area contributed by atoms with Crippen LogP contribution < -0.4 is 5.11 Å². The lowest BCUT2D eigenvalue weighted by molar-refractivity contribution is -0.974. The molecule has 0 spiro atoms. The maximum absolute atomic E-state index is 12.2. The molecule has 0 aromatic heterocycles. The topological polar surface area (TPSA) is 115 Å². The third-order valence-electron chi connectivity index (χ3n) is 7.80. The van der Waals surface area contributed by atoms with Crippen LogP contribution in [0.5, 0.6) is 0 Å². The molecule has 0 aromatic carbocycles. The van der Waals surface area contributed by atoms with E-state index in [9.17, 15) is 29.7 Å². The van der Waals surface area contributed by atoms with Gasteiger partial charge in [0.2, 0.25) is 0 Å². The molecule has 0 aliphatic carbocycles. The molecule has 7 heteroatoms. The second kappa shape index (κ2) is 21.1. The molecular weight excluding hydrogens is 470 g/mol. The average molecular weight is 526 g/mol. The molecule has 0 rings (SSSR count). The average Bonchev–Trinajstić information content (AvgIpc) is 2.84. The van der Waals surface area contributed by atoms with Crippen molar-refractivity contribution in [2.45, 2.75) is 155 Å². The first-order valence-corrected chi connectivity index (χ1v) is 14.9. The van der Waals surface area contributed by atoms with Gasteiger partial charge >= 0.3 is 11.9 Å². The van der Waals surface area contributed by atoms with Crippen LogP contribution in [0.1, 0.15) is 137 Å². The fourth-order valence-corrected chi connectivity index (χ4v) is 5.90. The molecule has 216 valence electrons. The van der Waals surface area contributed by atoms with Gasteiger partial charge in [0.1, 0.15) is 6.04 Å². The highest BCUT2D eigenvalue weighted by atomic mass is 16.4. The van der Waals surface area contributed by atoms with Crippen molar-refractivity contribution in [3.8, 4) is 0 Å². The Balaban J connectivity index is 4.78. The van der Waals surface area contributed by atoms with Gasteiger partial charge in [0, 0.05) is 19.3 Å². The maximum Gasteiger partial charge on any atom is 0.362 e. The number of nitrogens with zero attached hydrogens (tertiary/aromatic N) is 1. The number of allylic oxidation sites excluding steroid dienone is 2. The van der Waals surface area contributed by atoms with Gasteiger partial charge in [-0.05, 0) is 38.5 Å². The minimum atomic E-state index is -1.37. The number of aliphatic carboxylic acids is 3. The van der Waals surface area contributed by atoms with Crippen molar-refractivity contribution < 1.29 is 34.2 Å². The van der Waals surface area contributed by atoms with Crippen molar-refractivity contribution in [3.05, 3.63) is 12.2 Å². The molecule has 7 nitrogen and oxygen atoms in total. The minimum Gasteiger partial charge on any atom is -0.544 e. The van der Waals surface area contributed by atoms with Crippen molar-refractivity contribution in [2.75, 3.05) is 6.54 Å². The van der Waals surface area contributed by atoms with Gasteiger partial charge in [-0.1, -0.05) is 91.2 Å². The van der Waals surface area contributed by atoms with Crippen LogP contribution in [0, 0.1) is 0 Å². The molecule has 0 saturated carbocycles. The standard InChI is InChI=1S/C30H55NO6/c1-5-9-10-11-12-13-14-15-16-17-18-19-20-21-22-23-24-31(25(6-2)28(32)33,26(7-3)29(34)35)27(8-4)30(36)37/h14-15,25-27H,5-13,16-24H2,1-4H3,(H2-,32,33,34,35,36,37)/b15-14+. The Hall–Kier alpha value is -1.89. The molecule has 0 fully saturated rings. The number of carbonyl (C=O) groups is 3. The first kappa shape index (κ1) is 35.1. The summed E-state index contributed by atoms with van der Waals surface area (Å²) < 4.78 is -0.471. The highest BCUT2D eigenvalue weighted by molar-refractivity contribution is 5.77. The Bertz CT molecular complexity index is 607. The molecule has 0 aliphatic rings. The van der Waals surface area contributed by atoms with Gasteiger partial charge in [-0.25, -0.2) is 9.59 Å². The molecule has 3 unspecified atom stereocenters. The largest absolute Gasteiger partial charge is 0.544 e. The van der Waals surface area contributed by atoms with E-state index in [1.807, 2.05) is 0 Å². The molecule has 0 saturated heterocycles. The van der Waals surface area contributed by atoms with E-state index in [0.717, 1.165) is 32.1 Å². The molecule has 37 heavy (non-hydrogen) atoms. The minimum absolute atomic E-state index is 0.128. The number of rotatable bonds is 25. The number of carboxylic acid groups (broad SMARTS) is 3. The van der Waals surface area contributed by atoms with Crippen LogP contribution in [-0.2, 0) is 14.4 Å². The SMILES string of the molecule is CCCCCCC/C=C/CCCCCCCCC[N+](C(CC)C(=O)[O-])(C(CC)C(=O)O)C(CC)C(=O)O. The zero-order chi connectivity index (χ0) is 28.1. The fourth-order valence-electron chi connectivity index (χ4n) is 5.90. The van der Waals surface area contributed by atoms with Gasteiger partial charge in [0.25, 0.3) is 0 Å².